The molecule has 0 fully saturated rings. The van der Waals surface area contributed by atoms with E-state index in [0.717, 1.165) is 18.4 Å². The summed E-state index contributed by atoms with van der Waals surface area (Å²) in [7, 11) is 0. The van der Waals surface area contributed by atoms with E-state index in [9.17, 15) is 10.1 Å². The van der Waals surface area contributed by atoms with Crippen molar-refractivity contribution in [1.82, 2.24) is 5.32 Å². The molecule has 0 unspecified atom stereocenters. The molecule has 2 rings (SSSR count). The maximum atomic E-state index is 12.1. The molecule has 1 N–H and O–H groups in total. The lowest BCUT2D eigenvalue weighted by Crippen LogP contribution is -2.25. The van der Waals surface area contributed by atoms with Crippen LogP contribution in [0.2, 0.25) is 0 Å². The number of ether oxygens (including phenoxy) is 2. The number of carbonyl (C=O) groups is 1. The third-order valence-electron chi connectivity index (χ3n) is 4.06. The molecule has 0 aliphatic carbocycles. The summed E-state index contributed by atoms with van der Waals surface area (Å²) in [6, 6.07) is 7.37. The Morgan fingerprint density at radius 2 is 1.88 bits per heavy atom. The van der Waals surface area contributed by atoms with E-state index in [2.05, 4.69) is 12.2 Å². The molecule has 134 valence electrons. The molecule has 1 heterocycles. The molecular formula is C20H26N2O3. The van der Waals surface area contributed by atoms with Gasteiger partial charge in [0.25, 0.3) is 5.91 Å². The predicted molar refractivity (Wildman–Crippen MR) is 97.4 cm³/mol. The summed E-state index contributed by atoms with van der Waals surface area (Å²) in [4.78, 5) is 12.1. The van der Waals surface area contributed by atoms with E-state index in [1.165, 1.54) is 25.7 Å². The average Bonchev–Trinajstić information content (AvgIpc) is 2.65. The number of amides is 1. The first-order chi connectivity index (χ1) is 12.2. The lowest BCUT2D eigenvalue weighted by atomic mass is 10.1. The van der Waals surface area contributed by atoms with Crippen LogP contribution in [0.3, 0.4) is 0 Å². The normalized spacial score (nSPS) is 13.2. The lowest BCUT2D eigenvalue weighted by molar-refractivity contribution is -0.117. The Morgan fingerprint density at radius 3 is 2.64 bits per heavy atom. The average molecular weight is 342 g/mol. The minimum absolute atomic E-state index is 0.0997. The van der Waals surface area contributed by atoms with Gasteiger partial charge in [0.05, 0.1) is 0 Å². The zero-order valence-corrected chi connectivity index (χ0v) is 14.8. The number of carbonyl (C=O) groups excluding carboxylic acids is 1. The Morgan fingerprint density at radius 1 is 1.16 bits per heavy atom. The van der Waals surface area contributed by atoms with E-state index in [1.54, 1.807) is 18.2 Å². The summed E-state index contributed by atoms with van der Waals surface area (Å²) in [6.07, 6.45) is 8.57. The number of nitrogens with one attached hydrogen (secondary N) is 1. The van der Waals surface area contributed by atoms with Gasteiger partial charge in [0.1, 0.15) is 24.9 Å². The number of fused-ring (bicyclic) bond motifs is 1. The SMILES string of the molecule is CCCCCCCCNC(=O)/C(C#N)=C/c1ccc2c(c1)OCCO2. The third-order valence-corrected chi connectivity index (χ3v) is 4.06. The highest BCUT2D eigenvalue weighted by molar-refractivity contribution is 6.01. The molecule has 0 aromatic heterocycles. The van der Waals surface area contributed by atoms with Crippen molar-refractivity contribution in [3.05, 3.63) is 29.3 Å². The van der Waals surface area contributed by atoms with Crippen LogP contribution < -0.4 is 14.8 Å². The van der Waals surface area contributed by atoms with Crippen LogP contribution >= 0.6 is 0 Å². The Kier molecular flexibility index (Phi) is 7.84. The zero-order chi connectivity index (χ0) is 17.9. The molecule has 1 aliphatic heterocycles. The number of nitrogens with zero attached hydrogens (tertiary/aromatic N) is 1. The van der Waals surface area contributed by atoms with Crippen LogP contribution in [0.4, 0.5) is 0 Å². The van der Waals surface area contributed by atoms with E-state index in [0.29, 0.717) is 31.3 Å². The summed E-state index contributed by atoms with van der Waals surface area (Å²) in [5.41, 5.74) is 0.846. The highest BCUT2D eigenvalue weighted by atomic mass is 16.6. The summed E-state index contributed by atoms with van der Waals surface area (Å²) in [5.74, 6) is 1.00. The van der Waals surface area contributed by atoms with Crippen molar-refractivity contribution in [1.29, 1.82) is 5.26 Å². The van der Waals surface area contributed by atoms with Gasteiger partial charge in [0, 0.05) is 6.54 Å². The first-order valence-corrected chi connectivity index (χ1v) is 9.04. The minimum atomic E-state index is -0.328. The van der Waals surface area contributed by atoms with Crippen LogP contribution in [0, 0.1) is 11.3 Å². The Balaban J connectivity index is 1.85. The van der Waals surface area contributed by atoms with Crippen molar-refractivity contribution >= 4 is 12.0 Å². The summed E-state index contributed by atoms with van der Waals surface area (Å²) < 4.78 is 11.0. The summed E-state index contributed by atoms with van der Waals surface area (Å²) in [6.45, 7) is 3.83. The number of nitriles is 1. The molecule has 0 saturated carbocycles. The van der Waals surface area contributed by atoms with Gasteiger partial charge in [-0.15, -0.1) is 0 Å². The van der Waals surface area contributed by atoms with E-state index in [-0.39, 0.29) is 11.5 Å². The van der Waals surface area contributed by atoms with Gasteiger partial charge in [0.15, 0.2) is 11.5 Å². The molecular weight excluding hydrogens is 316 g/mol. The van der Waals surface area contributed by atoms with Gasteiger partial charge >= 0.3 is 0 Å². The number of hydrogen-bond acceptors (Lipinski definition) is 4. The second kappa shape index (κ2) is 10.4. The molecule has 5 heteroatoms. The molecule has 0 spiro atoms. The van der Waals surface area contributed by atoms with E-state index in [4.69, 9.17) is 9.47 Å². The minimum Gasteiger partial charge on any atom is -0.486 e. The Bertz CT molecular complexity index is 647. The largest absolute Gasteiger partial charge is 0.486 e. The van der Waals surface area contributed by atoms with Crippen LogP contribution in [0.1, 0.15) is 51.0 Å². The monoisotopic (exact) mass is 342 g/mol. The molecule has 0 atom stereocenters. The van der Waals surface area contributed by atoms with Crippen LogP contribution in [-0.4, -0.2) is 25.7 Å². The highest BCUT2D eigenvalue weighted by Crippen LogP contribution is 2.31. The van der Waals surface area contributed by atoms with Gasteiger partial charge < -0.3 is 14.8 Å². The maximum Gasteiger partial charge on any atom is 0.261 e. The van der Waals surface area contributed by atoms with Crippen molar-refractivity contribution in [2.45, 2.75) is 45.4 Å². The maximum absolute atomic E-state index is 12.1. The fraction of sp³-hybridized carbons (Fsp3) is 0.500. The first-order valence-electron chi connectivity index (χ1n) is 9.04. The van der Waals surface area contributed by atoms with Crippen molar-refractivity contribution in [2.24, 2.45) is 0 Å². The zero-order valence-electron chi connectivity index (χ0n) is 14.8. The second-order valence-corrected chi connectivity index (χ2v) is 6.10. The number of hydrogen-bond donors (Lipinski definition) is 1. The van der Waals surface area contributed by atoms with E-state index in [1.807, 2.05) is 12.1 Å². The van der Waals surface area contributed by atoms with E-state index >= 15 is 0 Å². The highest BCUT2D eigenvalue weighted by Gasteiger charge is 2.13. The molecule has 0 bridgehead atoms. The quantitative estimate of drug-likeness (QED) is 0.420. The summed E-state index contributed by atoms with van der Waals surface area (Å²) in [5, 5.41) is 12.1. The second-order valence-electron chi connectivity index (χ2n) is 6.10. The van der Waals surface area contributed by atoms with Crippen molar-refractivity contribution in [2.75, 3.05) is 19.8 Å². The predicted octanol–water partition coefficient (Wildman–Crippen LogP) is 3.84. The number of benzene rings is 1. The van der Waals surface area contributed by atoms with Crippen LogP contribution in [0.25, 0.3) is 6.08 Å². The molecule has 25 heavy (non-hydrogen) atoms. The molecule has 1 amide bonds. The Hall–Kier alpha value is -2.48. The van der Waals surface area contributed by atoms with Crippen molar-refractivity contribution in [3.63, 3.8) is 0 Å². The van der Waals surface area contributed by atoms with Crippen LogP contribution in [0.15, 0.2) is 23.8 Å². The fourth-order valence-electron chi connectivity index (χ4n) is 2.67. The van der Waals surface area contributed by atoms with Crippen LogP contribution in [0.5, 0.6) is 11.5 Å². The van der Waals surface area contributed by atoms with Crippen molar-refractivity contribution in [3.8, 4) is 17.6 Å². The van der Waals surface area contributed by atoms with Gasteiger partial charge in [-0.3, -0.25) is 4.79 Å². The molecule has 1 aliphatic rings. The summed E-state index contributed by atoms with van der Waals surface area (Å²) >= 11 is 0. The fourth-order valence-corrected chi connectivity index (χ4v) is 2.67. The smallest absolute Gasteiger partial charge is 0.261 e. The lowest BCUT2D eigenvalue weighted by Gasteiger charge is -2.18. The first kappa shape index (κ1) is 18.9. The Labute approximate surface area is 149 Å². The molecule has 1 aromatic rings. The molecule has 0 radical (unpaired) electrons. The molecule has 5 nitrogen and oxygen atoms in total. The third kappa shape index (κ3) is 6.15. The van der Waals surface area contributed by atoms with Gasteiger partial charge in [-0.25, -0.2) is 0 Å². The van der Waals surface area contributed by atoms with Crippen molar-refractivity contribution < 1.29 is 14.3 Å². The van der Waals surface area contributed by atoms with Gasteiger partial charge in [0.2, 0.25) is 0 Å². The van der Waals surface area contributed by atoms with Gasteiger partial charge in [-0.05, 0) is 30.2 Å². The standard InChI is InChI=1S/C20H26N2O3/c1-2-3-4-5-6-7-10-22-20(23)17(15-21)13-16-8-9-18-19(14-16)25-12-11-24-18/h8-9,13-14H,2-7,10-12H2,1H3,(H,22,23)/b17-13+. The topological polar surface area (TPSA) is 71.4 Å². The van der Waals surface area contributed by atoms with Crippen LogP contribution in [-0.2, 0) is 4.79 Å². The van der Waals surface area contributed by atoms with E-state index < -0.39 is 0 Å². The molecule has 0 saturated heterocycles. The number of unbranched alkanes of at least 4 members (excludes halogenated alkanes) is 5. The van der Waals surface area contributed by atoms with Gasteiger partial charge in [-0.1, -0.05) is 45.1 Å². The number of rotatable bonds is 9. The molecule has 1 aromatic carbocycles. The van der Waals surface area contributed by atoms with Gasteiger partial charge in [-0.2, -0.15) is 5.26 Å².